The topological polar surface area (TPSA) is 20.2 Å². The Morgan fingerprint density at radius 3 is 1.82 bits per heavy atom. The molecule has 0 aromatic rings. The maximum atomic E-state index is 11.9. The van der Waals surface area contributed by atoms with Gasteiger partial charge in [-0.15, -0.1) is 0 Å². The minimum atomic E-state index is -0.581. The van der Waals surface area contributed by atoms with Gasteiger partial charge in [0, 0.05) is 0 Å². The van der Waals surface area contributed by atoms with E-state index in [0.29, 0.717) is 5.57 Å². The summed E-state index contributed by atoms with van der Waals surface area (Å²) in [4.78, 5) is 0. The van der Waals surface area contributed by atoms with Crippen molar-refractivity contribution in [1.29, 1.82) is 0 Å². The number of hydrogen-bond donors (Lipinski definition) is 1. The molecule has 64 valence electrons. The number of halogens is 1. The fourth-order valence-electron chi connectivity index (χ4n) is 0.318. The molecule has 0 saturated carbocycles. The van der Waals surface area contributed by atoms with Gasteiger partial charge in [-0.2, -0.15) is 0 Å². The molecule has 0 radical (unpaired) electrons. The van der Waals surface area contributed by atoms with Crippen LogP contribution in [0.4, 0.5) is 4.39 Å². The lowest BCUT2D eigenvalue weighted by Crippen LogP contribution is -1.79. The van der Waals surface area contributed by atoms with Crippen LogP contribution < -0.4 is 0 Å². The zero-order valence-electron chi connectivity index (χ0n) is 7.32. The molecule has 0 rings (SSSR count). The van der Waals surface area contributed by atoms with Crippen LogP contribution >= 0.6 is 0 Å². The van der Waals surface area contributed by atoms with Gasteiger partial charge < -0.3 is 5.11 Å². The van der Waals surface area contributed by atoms with E-state index in [1.165, 1.54) is 0 Å². The first kappa shape index (κ1) is 12.6. The molecule has 0 atom stereocenters. The Hall–Kier alpha value is -1.05. The first-order chi connectivity index (χ1) is 5.04. The fourth-order valence-corrected chi connectivity index (χ4v) is 0.318. The van der Waals surface area contributed by atoms with Gasteiger partial charge in [0.25, 0.3) is 0 Å². The Balaban J connectivity index is 0. The Kier molecular flexibility index (Phi) is 8.10. The SMILES string of the molecule is C=C(F)/C=C(/C)C(=C)O.CC. The van der Waals surface area contributed by atoms with Gasteiger partial charge in [-0.25, -0.2) is 4.39 Å². The van der Waals surface area contributed by atoms with E-state index >= 15 is 0 Å². The first-order valence-corrected chi connectivity index (χ1v) is 3.45. The van der Waals surface area contributed by atoms with Crippen molar-refractivity contribution >= 4 is 0 Å². The zero-order valence-corrected chi connectivity index (χ0v) is 7.32. The number of hydrogen-bond acceptors (Lipinski definition) is 1. The molecule has 0 bridgehead atoms. The van der Waals surface area contributed by atoms with Crippen LogP contribution in [0.1, 0.15) is 20.8 Å². The summed E-state index contributed by atoms with van der Waals surface area (Å²) in [7, 11) is 0. The third kappa shape index (κ3) is 8.95. The van der Waals surface area contributed by atoms with E-state index in [4.69, 9.17) is 5.11 Å². The van der Waals surface area contributed by atoms with Crippen LogP contribution in [0.25, 0.3) is 0 Å². The van der Waals surface area contributed by atoms with Gasteiger partial charge in [0.05, 0.1) is 0 Å². The molecule has 0 aromatic heterocycles. The van der Waals surface area contributed by atoms with E-state index in [-0.39, 0.29) is 5.76 Å². The molecule has 0 unspecified atom stereocenters. The van der Waals surface area contributed by atoms with Crippen LogP contribution in [0.3, 0.4) is 0 Å². The van der Waals surface area contributed by atoms with Crippen molar-refractivity contribution in [3.63, 3.8) is 0 Å². The van der Waals surface area contributed by atoms with Gasteiger partial charge in [-0.1, -0.05) is 27.0 Å². The van der Waals surface area contributed by atoms with E-state index in [1.807, 2.05) is 13.8 Å². The molecule has 1 N–H and O–H groups in total. The van der Waals surface area contributed by atoms with E-state index in [0.717, 1.165) is 6.08 Å². The quantitative estimate of drug-likeness (QED) is 0.481. The maximum absolute atomic E-state index is 11.9. The molecule has 11 heavy (non-hydrogen) atoms. The summed E-state index contributed by atoms with van der Waals surface area (Å²) in [5.41, 5.74) is 0.391. The molecule has 0 aliphatic rings. The molecule has 0 heterocycles. The van der Waals surface area contributed by atoms with Crippen LogP contribution in [-0.2, 0) is 0 Å². The van der Waals surface area contributed by atoms with E-state index in [2.05, 4.69) is 13.2 Å². The molecule has 0 amide bonds. The van der Waals surface area contributed by atoms with Crippen molar-refractivity contribution in [3.05, 3.63) is 36.4 Å². The monoisotopic (exact) mass is 158 g/mol. The summed E-state index contributed by atoms with van der Waals surface area (Å²) in [6.07, 6.45) is 1.11. The molecule has 0 aliphatic carbocycles. The average Bonchev–Trinajstić information content (AvgIpc) is 1.90. The van der Waals surface area contributed by atoms with Gasteiger partial charge in [-0.05, 0) is 18.6 Å². The summed E-state index contributed by atoms with van der Waals surface area (Å²) in [5, 5.41) is 8.60. The van der Waals surface area contributed by atoms with Crippen LogP contribution in [0, 0.1) is 0 Å². The highest BCUT2D eigenvalue weighted by Gasteiger charge is 1.91. The predicted octanol–water partition coefficient (Wildman–Crippen LogP) is 3.51. The second kappa shape index (κ2) is 7.06. The Morgan fingerprint density at radius 2 is 1.73 bits per heavy atom. The van der Waals surface area contributed by atoms with E-state index in [1.54, 1.807) is 6.92 Å². The van der Waals surface area contributed by atoms with E-state index in [9.17, 15) is 4.39 Å². The summed E-state index contributed by atoms with van der Waals surface area (Å²) in [5.74, 6) is -0.712. The summed E-state index contributed by atoms with van der Waals surface area (Å²) < 4.78 is 11.9. The average molecular weight is 158 g/mol. The van der Waals surface area contributed by atoms with Gasteiger partial charge in [0.2, 0.25) is 0 Å². The number of aliphatic hydroxyl groups excluding tert-OH is 1. The Morgan fingerprint density at radius 1 is 1.36 bits per heavy atom. The second-order valence-corrected chi connectivity index (χ2v) is 1.72. The van der Waals surface area contributed by atoms with Crippen LogP contribution in [-0.4, -0.2) is 5.11 Å². The Labute approximate surface area is 67.6 Å². The Bertz CT molecular complexity index is 168. The summed E-state index contributed by atoms with van der Waals surface area (Å²) >= 11 is 0. The number of rotatable bonds is 2. The van der Waals surface area contributed by atoms with Crippen LogP contribution in [0.15, 0.2) is 36.4 Å². The maximum Gasteiger partial charge on any atom is 0.116 e. The van der Waals surface area contributed by atoms with Gasteiger partial charge in [0.15, 0.2) is 0 Å². The van der Waals surface area contributed by atoms with Gasteiger partial charge in [-0.3, -0.25) is 0 Å². The van der Waals surface area contributed by atoms with Crippen molar-refractivity contribution in [2.24, 2.45) is 0 Å². The van der Waals surface area contributed by atoms with E-state index < -0.39 is 5.83 Å². The smallest absolute Gasteiger partial charge is 0.116 e. The largest absolute Gasteiger partial charge is 0.508 e. The lowest BCUT2D eigenvalue weighted by Gasteiger charge is -1.93. The second-order valence-electron chi connectivity index (χ2n) is 1.72. The summed E-state index contributed by atoms with van der Waals surface area (Å²) in [6, 6.07) is 0. The highest BCUT2D eigenvalue weighted by molar-refractivity contribution is 5.25. The normalized spacial score (nSPS) is 9.64. The molecule has 0 fully saturated rings. The van der Waals surface area contributed by atoms with Crippen molar-refractivity contribution in [2.45, 2.75) is 20.8 Å². The van der Waals surface area contributed by atoms with Crippen molar-refractivity contribution < 1.29 is 9.50 Å². The molecule has 2 heteroatoms. The minimum Gasteiger partial charge on any atom is -0.508 e. The van der Waals surface area contributed by atoms with Crippen LogP contribution in [0.2, 0.25) is 0 Å². The molecular weight excluding hydrogens is 143 g/mol. The number of aliphatic hydroxyl groups is 1. The van der Waals surface area contributed by atoms with Gasteiger partial charge in [0.1, 0.15) is 11.6 Å². The predicted molar refractivity (Wildman–Crippen MR) is 47.1 cm³/mol. The van der Waals surface area contributed by atoms with Crippen molar-refractivity contribution in [2.75, 3.05) is 0 Å². The third-order valence-corrected chi connectivity index (χ3v) is 0.828. The van der Waals surface area contributed by atoms with Crippen LogP contribution in [0.5, 0.6) is 0 Å². The lowest BCUT2D eigenvalue weighted by molar-refractivity contribution is 0.426. The highest BCUT2D eigenvalue weighted by atomic mass is 19.1. The number of allylic oxidation sites excluding steroid dienone is 3. The first-order valence-electron chi connectivity index (χ1n) is 3.45. The molecule has 0 aliphatic heterocycles. The highest BCUT2D eigenvalue weighted by Crippen LogP contribution is 2.06. The van der Waals surface area contributed by atoms with Gasteiger partial charge >= 0.3 is 0 Å². The molecule has 0 aromatic carbocycles. The third-order valence-electron chi connectivity index (χ3n) is 0.828. The van der Waals surface area contributed by atoms with Crippen molar-refractivity contribution in [3.8, 4) is 0 Å². The summed E-state index contributed by atoms with van der Waals surface area (Å²) in [6.45, 7) is 11.7. The molecular formula is C9H15FO. The molecule has 1 nitrogen and oxygen atoms in total. The fraction of sp³-hybridized carbons (Fsp3) is 0.333. The minimum absolute atomic E-state index is 0.131. The standard InChI is InChI=1S/C7H9FO.C2H6/c1-5(7(3)9)4-6(2)8;1-2/h4,9H,2-3H2,1H3;1-2H3/b5-4-;. The zero-order chi connectivity index (χ0) is 9.44. The van der Waals surface area contributed by atoms with Crippen molar-refractivity contribution in [1.82, 2.24) is 0 Å². The molecule has 0 saturated heterocycles. The lowest BCUT2D eigenvalue weighted by atomic mass is 10.2. The molecule has 0 spiro atoms.